The molecule has 0 aliphatic carbocycles. The zero-order valence-corrected chi connectivity index (χ0v) is 9.62. The van der Waals surface area contributed by atoms with Crippen molar-refractivity contribution >= 4 is 18.6 Å². The third kappa shape index (κ3) is 2.67. The quantitative estimate of drug-likeness (QED) is 0.619. The number of rotatable bonds is 3. The van der Waals surface area contributed by atoms with Gasteiger partial charge in [-0.2, -0.15) is 5.26 Å². The molecule has 0 bridgehead atoms. The molecule has 16 heavy (non-hydrogen) atoms. The van der Waals surface area contributed by atoms with Crippen LogP contribution in [0.4, 0.5) is 0 Å². The highest BCUT2D eigenvalue weighted by Gasteiger charge is 2.13. The van der Waals surface area contributed by atoms with E-state index in [0.717, 1.165) is 0 Å². The van der Waals surface area contributed by atoms with Gasteiger partial charge in [-0.15, -0.1) is 12.6 Å². The first-order valence-electron chi connectivity index (χ1n) is 4.69. The van der Waals surface area contributed by atoms with E-state index in [9.17, 15) is 9.90 Å². The minimum absolute atomic E-state index is 0.00454. The van der Waals surface area contributed by atoms with Crippen LogP contribution in [0.15, 0.2) is 17.0 Å². The average molecular weight is 237 g/mol. The molecule has 0 radical (unpaired) electrons. The fourth-order valence-corrected chi connectivity index (χ4v) is 1.53. The smallest absolute Gasteiger partial charge is 0.310 e. The Balaban J connectivity index is 3.02. The second kappa shape index (κ2) is 5.42. The van der Waals surface area contributed by atoms with Crippen LogP contribution < -0.4 is 0 Å². The van der Waals surface area contributed by atoms with Crippen molar-refractivity contribution in [2.75, 3.05) is 6.61 Å². The number of esters is 1. The standard InChI is InChI=1S/C11H11NO3S/c1-2-15-10(14)5-7-3-4-9(13)11(16)8(7)6-12/h3-4,13,16H,2,5H2,1H3. The van der Waals surface area contributed by atoms with Crippen LogP contribution in [0, 0.1) is 11.3 Å². The molecule has 1 aromatic carbocycles. The van der Waals surface area contributed by atoms with Gasteiger partial charge in [0.2, 0.25) is 0 Å². The first-order chi connectivity index (χ1) is 7.60. The number of phenolic OH excluding ortho intramolecular Hbond substituents is 1. The third-order valence-corrected chi connectivity index (χ3v) is 2.45. The molecular weight excluding hydrogens is 226 g/mol. The molecule has 0 aromatic heterocycles. The van der Waals surface area contributed by atoms with Crippen molar-refractivity contribution in [1.82, 2.24) is 0 Å². The Bertz CT molecular complexity index is 451. The zero-order valence-electron chi connectivity index (χ0n) is 8.73. The van der Waals surface area contributed by atoms with Crippen LogP contribution in [0.5, 0.6) is 5.75 Å². The Morgan fingerprint density at radius 1 is 1.62 bits per heavy atom. The highest BCUT2D eigenvalue weighted by molar-refractivity contribution is 7.80. The number of nitrogens with zero attached hydrogens (tertiary/aromatic N) is 1. The monoisotopic (exact) mass is 237 g/mol. The summed E-state index contributed by atoms with van der Waals surface area (Å²) in [6, 6.07) is 4.83. The van der Waals surface area contributed by atoms with Gasteiger partial charge < -0.3 is 9.84 Å². The predicted molar refractivity (Wildman–Crippen MR) is 60.4 cm³/mol. The Morgan fingerprint density at radius 3 is 2.88 bits per heavy atom. The molecule has 0 aliphatic heterocycles. The van der Waals surface area contributed by atoms with Crippen LogP contribution in [0.2, 0.25) is 0 Å². The Kier molecular flexibility index (Phi) is 4.20. The van der Waals surface area contributed by atoms with Crippen molar-refractivity contribution in [3.63, 3.8) is 0 Å². The Hall–Kier alpha value is -1.67. The van der Waals surface area contributed by atoms with Crippen LogP contribution >= 0.6 is 12.6 Å². The lowest BCUT2D eigenvalue weighted by Gasteiger charge is -2.07. The predicted octanol–water partition coefficient (Wildman–Crippen LogP) is 1.66. The van der Waals surface area contributed by atoms with Gasteiger partial charge in [0.15, 0.2) is 0 Å². The first-order valence-corrected chi connectivity index (χ1v) is 5.14. The molecule has 0 aliphatic rings. The van der Waals surface area contributed by atoms with E-state index < -0.39 is 5.97 Å². The summed E-state index contributed by atoms with van der Waals surface area (Å²) in [7, 11) is 0. The number of phenols is 1. The maximum atomic E-state index is 11.3. The fourth-order valence-electron chi connectivity index (χ4n) is 1.26. The van der Waals surface area contributed by atoms with Gasteiger partial charge >= 0.3 is 5.97 Å². The van der Waals surface area contributed by atoms with E-state index in [2.05, 4.69) is 12.6 Å². The van der Waals surface area contributed by atoms with Gasteiger partial charge in [0, 0.05) is 0 Å². The number of nitriles is 1. The van der Waals surface area contributed by atoms with Crippen molar-refractivity contribution in [3.8, 4) is 11.8 Å². The number of thiol groups is 1. The highest BCUT2D eigenvalue weighted by atomic mass is 32.1. The van der Waals surface area contributed by atoms with E-state index in [-0.39, 0.29) is 22.6 Å². The lowest BCUT2D eigenvalue weighted by Crippen LogP contribution is -2.08. The van der Waals surface area contributed by atoms with Crippen LogP contribution in [-0.4, -0.2) is 17.7 Å². The average Bonchev–Trinajstić information content (AvgIpc) is 2.24. The number of hydrogen-bond acceptors (Lipinski definition) is 5. The van der Waals surface area contributed by atoms with Crippen molar-refractivity contribution in [1.29, 1.82) is 5.26 Å². The molecule has 1 rings (SSSR count). The molecule has 0 spiro atoms. The van der Waals surface area contributed by atoms with Gasteiger partial charge in [0.25, 0.3) is 0 Å². The van der Waals surface area contributed by atoms with Gasteiger partial charge in [-0.05, 0) is 18.6 Å². The molecule has 0 atom stereocenters. The molecule has 1 aromatic rings. The molecule has 5 heteroatoms. The highest BCUT2D eigenvalue weighted by Crippen LogP contribution is 2.27. The summed E-state index contributed by atoms with van der Waals surface area (Å²) in [6.45, 7) is 2.01. The molecule has 0 saturated carbocycles. The van der Waals surface area contributed by atoms with Gasteiger partial charge in [0.05, 0.1) is 23.5 Å². The van der Waals surface area contributed by atoms with Crippen LogP contribution in [0.25, 0.3) is 0 Å². The lowest BCUT2D eigenvalue weighted by atomic mass is 10.1. The van der Waals surface area contributed by atoms with E-state index >= 15 is 0 Å². The van der Waals surface area contributed by atoms with E-state index in [4.69, 9.17) is 10.00 Å². The van der Waals surface area contributed by atoms with Crippen molar-refractivity contribution in [2.24, 2.45) is 0 Å². The largest absolute Gasteiger partial charge is 0.507 e. The first kappa shape index (κ1) is 12.4. The third-order valence-electron chi connectivity index (χ3n) is 1.99. The molecule has 0 saturated heterocycles. The van der Waals surface area contributed by atoms with Crippen LogP contribution in [0.3, 0.4) is 0 Å². The summed E-state index contributed by atoms with van der Waals surface area (Å²) in [6.07, 6.45) is 0.00454. The van der Waals surface area contributed by atoms with Gasteiger partial charge in [-0.25, -0.2) is 0 Å². The van der Waals surface area contributed by atoms with Crippen molar-refractivity contribution < 1.29 is 14.6 Å². The molecular formula is C11H11NO3S. The molecule has 4 nitrogen and oxygen atoms in total. The number of ether oxygens (including phenoxy) is 1. The summed E-state index contributed by atoms with van der Waals surface area (Å²) in [4.78, 5) is 11.4. The molecule has 0 amide bonds. The summed E-state index contributed by atoms with van der Waals surface area (Å²) in [5, 5.41) is 18.3. The van der Waals surface area contributed by atoms with E-state index in [0.29, 0.717) is 12.2 Å². The number of aromatic hydroxyl groups is 1. The SMILES string of the molecule is CCOC(=O)Cc1ccc(O)c(S)c1C#N. The maximum Gasteiger partial charge on any atom is 0.310 e. The minimum atomic E-state index is -0.405. The molecule has 0 heterocycles. The zero-order chi connectivity index (χ0) is 12.1. The second-order valence-corrected chi connectivity index (χ2v) is 3.51. The van der Waals surface area contributed by atoms with Crippen LogP contribution in [0.1, 0.15) is 18.1 Å². The Labute approximate surface area is 98.9 Å². The van der Waals surface area contributed by atoms with E-state index in [1.54, 1.807) is 6.92 Å². The topological polar surface area (TPSA) is 70.3 Å². The normalized spacial score (nSPS) is 9.56. The fraction of sp³-hybridized carbons (Fsp3) is 0.273. The number of carbonyl (C=O) groups excluding carboxylic acids is 1. The summed E-state index contributed by atoms with van der Waals surface area (Å²) >= 11 is 4.01. The maximum absolute atomic E-state index is 11.3. The number of hydrogen-bond donors (Lipinski definition) is 2. The van der Waals surface area contributed by atoms with Gasteiger partial charge in [-0.1, -0.05) is 6.07 Å². The number of benzene rings is 1. The van der Waals surface area contributed by atoms with Gasteiger partial charge in [0.1, 0.15) is 11.8 Å². The van der Waals surface area contributed by atoms with Gasteiger partial charge in [-0.3, -0.25) is 4.79 Å². The molecule has 0 fully saturated rings. The Morgan fingerprint density at radius 2 is 2.31 bits per heavy atom. The minimum Gasteiger partial charge on any atom is -0.507 e. The number of carbonyl (C=O) groups is 1. The lowest BCUT2D eigenvalue weighted by molar-refractivity contribution is -0.142. The summed E-state index contributed by atoms with van der Waals surface area (Å²) < 4.78 is 4.78. The summed E-state index contributed by atoms with van der Waals surface area (Å²) in [5.74, 6) is -0.482. The molecule has 84 valence electrons. The summed E-state index contributed by atoms with van der Waals surface area (Å²) in [5.41, 5.74) is 0.708. The molecule has 1 N–H and O–H groups in total. The van der Waals surface area contributed by atoms with E-state index in [1.807, 2.05) is 6.07 Å². The van der Waals surface area contributed by atoms with Crippen molar-refractivity contribution in [2.45, 2.75) is 18.2 Å². The van der Waals surface area contributed by atoms with E-state index in [1.165, 1.54) is 12.1 Å². The van der Waals surface area contributed by atoms with Crippen LogP contribution in [-0.2, 0) is 16.0 Å². The second-order valence-electron chi connectivity index (χ2n) is 3.06. The molecule has 0 unspecified atom stereocenters. The van der Waals surface area contributed by atoms with Crippen molar-refractivity contribution in [3.05, 3.63) is 23.3 Å².